The topological polar surface area (TPSA) is 12.9 Å². The van der Waals surface area contributed by atoms with Gasteiger partial charge in [-0.05, 0) is 54.7 Å². The molecule has 3 atom stereocenters. The number of allylic oxidation sites excluding steroid dienone is 6. The fourth-order valence-electron chi connectivity index (χ4n) is 3.65. The minimum Gasteiger partial charge on any atom is -0.257 e. The molecular weight excluding hydrogens is 302 g/mol. The molecule has 0 spiro atoms. The van der Waals surface area contributed by atoms with Crippen LogP contribution in [0, 0.1) is 17.3 Å². The predicted molar refractivity (Wildman–Crippen MR) is 112 cm³/mol. The molecule has 0 amide bonds. The zero-order chi connectivity index (χ0) is 18.9. The Labute approximate surface area is 155 Å². The van der Waals surface area contributed by atoms with Gasteiger partial charge in [-0.1, -0.05) is 70.1 Å². The molecule has 1 nitrogen and oxygen atoms in total. The van der Waals surface area contributed by atoms with Crippen molar-refractivity contribution >= 4 is 5.57 Å². The minimum atomic E-state index is 0.158. The molecule has 136 valence electrons. The number of nitrogens with zero attached hydrogens (tertiary/aromatic N) is 1. The fraction of sp³-hybridized carbons (Fsp3) is 0.458. The van der Waals surface area contributed by atoms with E-state index in [1.807, 2.05) is 12.3 Å². The lowest BCUT2D eigenvalue weighted by Crippen LogP contribution is -2.34. The van der Waals surface area contributed by atoms with Gasteiger partial charge in [-0.25, -0.2) is 0 Å². The monoisotopic (exact) mass is 337 g/mol. The maximum atomic E-state index is 4.65. The Morgan fingerprint density at radius 3 is 2.60 bits per heavy atom. The first-order valence-corrected chi connectivity index (χ1v) is 9.50. The fourth-order valence-corrected chi connectivity index (χ4v) is 3.65. The molecule has 1 heterocycles. The summed E-state index contributed by atoms with van der Waals surface area (Å²) in [6.45, 7) is 17.5. The van der Waals surface area contributed by atoms with Crippen LogP contribution in [0.1, 0.15) is 59.6 Å². The minimum absolute atomic E-state index is 0.158. The van der Waals surface area contributed by atoms with Crippen LogP contribution in [0.3, 0.4) is 0 Å². The van der Waals surface area contributed by atoms with Gasteiger partial charge in [0.1, 0.15) is 0 Å². The van der Waals surface area contributed by atoms with Crippen LogP contribution in [0.15, 0.2) is 67.4 Å². The van der Waals surface area contributed by atoms with Crippen molar-refractivity contribution in [2.24, 2.45) is 17.3 Å². The van der Waals surface area contributed by atoms with E-state index in [2.05, 4.69) is 89.2 Å². The third-order valence-corrected chi connectivity index (χ3v) is 5.53. The summed E-state index contributed by atoms with van der Waals surface area (Å²) in [6.07, 6.45) is 14.8. The van der Waals surface area contributed by atoms with Crippen LogP contribution >= 0.6 is 0 Å². The summed E-state index contributed by atoms with van der Waals surface area (Å²) in [7, 11) is 0. The van der Waals surface area contributed by atoms with Crippen molar-refractivity contribution in [1.82, 2.24) is 4.98 Å². The van der Waals surface area contributed by atoms with Crippen LogP contribution in [0.4, 0.5) is 0 Å². The van der Waals surface area contributed by atoms with E-state index in [1.165, 1.54) is 17.6 Å². The van der Waals surface area contributed by atoms with E-state index in [0.29, 0.717) is 11.8 Å². The second-order valence-electron chi connectivity index (χ2n) is 7.04. The van der Waals surface area contributed by atoms with Crippen LogP contribution in [0.2, 0.25) is 0 Å². The van der Waals surface area contributed by atoms with Gasteiger partial charge in [0.2, 0.25) is 0 Å². The van der Waals surface area contributed by atoms with Gasteiger partial charge in [-0.3, -0.25) is 4.98 Å². The zero-order valence-corrected chi connectivity index (χ0v) is 16.8. The summed E-state index contributed by atoms with van der Waals surface area (Å²) >= 11 is 0. The molecule has 0 aromatic carbocycles. The molecule has 1 aromatic heterocycles. The summed E-state index contributed by atoms with van der Waals surface area (Å²) in [5.74, 6) is 1.12. The van der Waals surface area contributed by atoms with E-state index in [9.17, 15) is 0 Å². The largest absolute Gasteiger partial charge is 0.257 e. The van der Waals surface area contributed by atoms with Gasteiger partial charge in [0.05, 0.1) is 5.69 Å². The van der Waals surface area contributed by atoms with Crippen LogP contribution in [0.25, 0.3) is 5.57 Å². The average Bonchev–Trinajstić information content (AvgIpc) is 2.67. The molecular formula is C24H35N. The van der Waals surface area contributed by atoms with Crippen molar-refractivity contribution in [3.05, 3.63) is 73.1 Å². The van der Waals surface area contributed by atoms with Crippen LogP contribution in [-0.2, 0) is 0 Å². The maximum Gasteiger partial charge on any atom is 0.0664 e. The third kappa shape index (κ3) is 5.04. The van der Waals surface area contributed by atoms with Crippen molar-refractivity contribution in [2.45, 2.75) is 53.9 Å². The zero-order valence-electron chi connectivity index (χ0n) is 16.8. The quantitative estimate of drug-likeness (QED) is 0.498. The van der Waals surface area contributed by atoms with E-state index in [1.54, 1.807) is 0 Å². The SMILES string of the molecule is C=C.CCC=CC(C)(C(C)CC)C1CC=C(C)C=C1c1ccccn1. The first kappa shape index (κ1) is 21.2. The van der Waals surface area contributed by atoms with Crippen LogP contribution in [0.5, 0.6) is 0 Å². The molecule has 0 saturated carbocycles. The molecule has 0 bridgehead atoms. The summed E-state index contributed by atoms with van der Waals surface area (Å²) < 4.78 is 0. The number of aromatic nitrogens is 1. The van der Waals surface area contributed by atoms with Gasteiger partial charge in [-0.15, -0.1) is 13.2 Å². The molecule has 2 rings (SSSR count). The van der Waals surface area contributed by atoms with Crippen molar-refractivity contribution in [1.29, 1.82) is 0 Å². The lowest BCUT2D eigenvalue weighted by atomic mass is 9.62. The van der Waals surface area contributed by atoms with Crippen molar-refractivity contribution in [3.8, 4) is 0 Å². The normalized spacial score (nSPS) is 20.8. The summed E-state index contributed by atoms with van der Waals surface area (Å²) in [6, 6.07) is 6.24. The van der Waals surface area contributed by atoms with Crippen LogP contribution in [-0.4, -0.2) is 4.98 Å². The second kappa shape index (κ2) is 10.2. The Bertz CT molecular complexity index is 608. The van der Waals surface area contributed by atoms with Gasteiger partial charge < -0.3 is 0 Å². The molecule has 1 heteroatoms. The van der Waals surface area contributed by atoms with E-state index < -0.39 is 0 Å². The smallest absolute Gasteiger partial charge is 0.0664 e. The average molecular weight is 338 g/mol. The van der Waals surface area contributed by atoms with Gasteiger partial charge in [0.15, 0.2) is 0 Å². The molecule has 1 aromatic rings. The molecule has 0 saturated heterocycles. The van der Waals surface area contributed by atoms with Crippen molar-refractivity contribution in [2.75, 3.05) is 0 Å². The predicted octanol–water partition coefficient (Wildman–Crippen LogP) is 7.25. The highest BCUT2D eigenvalue weighted by molar-refractivity contribution is 5.70. The molecule has 0 N–H and O–H groups in total. The highest BCUT2D eigenvalue weighted by Gasteiger charge is 2.39. The molecule has 1 aliphatic rings. The van der Waals surface area contributed by atoms with Crippen molar-refractivity contribution < 1.29 is 0 Å². The Kier molecular flexibility index (Phi) is 8.61. The summed E-state index contributed by atoms with van der Waals surface area (Å²) in [5.41, 5.74) is 4.04. The Morgan fingerprint density at radius 2 is 2.04 bits per heavy atom. The standard InChI is InChI=1S/C22H31N.C2H4/c1-6-8-14-22(5,18(4)7-2)20-13-12-17(3)16-19(20)21-11-9-10-15-23-21;1-2/h8-12,14-16,18,20H,6-7,13H2,1-5H3;1-2H2. The first-order chi connectivity index (χ1) is 12.0. The summed E-state index contributed by atoms with van der Waals surface area (Å²) in [4.78, 5) is 4.65. The lowest BCUT2D eigenvalue weighted by molar-refractivity contribution is 0.200. The number of pyridine rings is 1. The highest BCUT2D eigenvalue weighted by atomic mass is 14.7. The van der Waals surface area contributed by atoms with E-state index in [4.69, 9.17) is 0 Å². The molecule has 1 aliphatic carbocycles. The Hall–Kier alpha value is -1.89. The lowest BCUT2D eigenvalue weighted by Gasteiger charge is -2.42. The number of rotatable bonds is 6. The van der Waals surface area contributed by atoms with E-state index >= 15 is 0 Å². The highest BCUT2D eigenvalue weighted by Crippen LogP contribution is 2.49. The second-order valence-corrected chi connectivity index (χ2v) is 7.04. The number of hydrogen-bond acceptors (Lipinski definition) is 1. The van der Waals surface area contributed by atoms with Gasteiger partial charge >= 0.3 is 0 Å². The van der Waals surface area contributed by atoms with Gasteiger partial charge in [0.25, 0.3) is 0 Å². The Morgan fingerprint density at radius 1 is 1.32 bits per heavy atom. The molecule has 0 aliphatic heterocycles. The molecule has 25 heavy (non-hydrogen) atoms. The summed E-state index contributed by atoms with van der Waals surface area (Å²) in [5, 5.41) is 0. The van der Waals surface area contributed by atoms with Crippen molar-refractivity contribution in [3.63, 3.8) is 0 Å². The molecule has 0 radical (unpaired) electrons. The maximum absolute atomic E-state index is 4.65. The molecule has 0 fully saturated rings. The van der Waals surface area contributed by atoms with E-state index in [-0.39, 0.29) is 5.41 Å². The van der Waals surface area contributed by atoms with E-state index in [0.717, 1.165) is 18.5 Å². The molecule has 3 unspecified atom stereocenters. The van der Waals surface area contributed by atoms with Gasteiger partial charge in [-0.2, -0.15) is 0 Å². The number of hydrogen-bond donors (Lipinski definition) is 0. The van der Waals surface area contributed by atoms with Crippen LogP contribution < -0.4 is 0 Å². The third-order valence-electron chi connectivity index (χ3n) is 5.53. The van der Waals surface area contributed by atoms with Gasteiger partial charge in [0, 0.05) is 6.20 Å². The first-order valence-electron chi connectivity index (χ1n) is 9.50. The Balaban J connectivity index is 0.00000151.